The number of thiazole rings is 1. The molecular formula is C19H18FN5OS. The molecule has 1 saturated heterocycles. The molecule has 1 aliphatic rings. The molecule has 1 aliphatic heterocycles. The lowest BCUT2D eigenvalue weighted by atomic mass is 10.1. The van der Waals surface area contributed by atoms with Crippen LogP contribution in [0.25, 0.3) is 10.6 Å². The van der Waals surface area contributed by atoms with Crippen molar-refractivity contribution >= 4 is 23.2 Å². The standard InChI is InChI=1S/C19H18FN5OS/c20-14-6-4-13(5-7-14)18-24-16(12-27-18)17(26)23-15-3-1-10-25(11-15)19-21-8-2-9-22-19/h2,4-9,12,15H,1,3,10-11H2,(H,23,26)/t15-/m0/s1. The maximum atomic E-state index is 13.1. The van der Waals surface area contributed by atoms with Crippen molar-refractivity contribution in [2.24, 2.45) is 0 Å². The number of nitrogens with zero attached hydrogens (tertiary/aromatic N) is 4. The average molecular weight is 383 g/mol. The molecule has 8 heteroatoms. The smallest absolute Gasteiger partial charge is 0.271 e. The number of benzene rings is 1. The van der Waals surface area contributed by atoms with E-state index >= 15 is 0 Å². The van der Waals surface area contributed by atoms with E-state index in [1.165, 1.54) is 23.5 Å². The lowest BCUT2D eigenvalue weighted by molar-refractivity contribution is 0.0928. The number of hydrogen-bond donors (Lipinski definition) is 1. The van der Waals surface area contributed by atoms with E-state index in [-0.39, 0.29) is 17.8 Å². The minimum absolute atomic E-state index is 0.0195. The number of nitrogens with one attached hydrogen (secondary N) is 1. The van der Waals surface area contributed by atoms with Gasteiger partial charge in [-0.1, -0.05) is 0 Å². The first-order valence-electron chi connectivity index (χ1n) is 8.73. The van der Waals surface area contributed by atoms with Gasteiger partial charge in [-0.25, -0.2) is 19.3 Å². The lowest BCUT2D eigenvalue weighted by Gasteiger charge is -2.32. The Morgan fingerprint density at radius 3 is 2.78 bits per heavy atom. The summed E-state index contributed by atoms with van der Waals surface area (Å²) in [6.07, 6.45) is 5.30. The number of anilines is 1. The molecule has 0 aliphatic carbocycles. The highest BCUT2D eigenvalue weighted by Gasteiger charge is 2.24. The Kier molecular flexibility index (Phi) is 5.06. The Morgan fingerprint density at radius 2 is 2.00 bits per heavy atom. The van der Waals surface area contributed by atoms with Crippen LogP contribution in [0.2, 0.25) is 0 Å². The molecule has 2 aromatic heterocycles. The Bertz CT molecular complexity index is 915. The summed E-state index contributed by atoms with van der Waals surface area (Å²) in [6, 6.07) is 7.90. The minimum atomic E-state index is -0.294. The summed E-state index contributed by atoms with van der Waals surface area (Å²) in [5.41, 5.74) is 1.18. The number of piperidine rings is 1. The molecule has 0 spiro atoms. The van der Waals surface area contributed by atoms with Crippen LogP contribution in [0.4, 0.5) is 10.3 Å². The van der Waals surface area contributed by atoms with Gasteiger partial charge in [-0.2, -0.15) is 0 Å². The molecule has 4 rings (SSSR count). The molecule has 3 heterocycles. The van der Waals surface area contributed by atoms with Crippen LogP contribution in [-0.4, -0.2) is 40.0 Å². The molecule has 1 N–H and O–H groups in total. The number of halogens is 1. The molecule has 138 valence electrons. The monoisotopic (exact) mass is 383 g/mol. The zero-order valence-corrected chi connectivity index (χ0v) is 15.3. The topological polar surface area (TPSA) is 71.0 Å². The third kappa shape index (κ3) is 4.11. The quantitative estimate of drug-likeness (QED) is 0.749. The fourth-order valence-electron chi connectivity index (χ4n) is 3.09. The van der Waals surface area contributed by atoms with Gasteiger partial charge in [0.25, 0.3) is 5.91 Å². The normalized spacial score (nSPS) is 16.9. The first kappa shape index (κ1) is 17.5. The number of aromatic nitrogens is 3. The minimum Gasteiger partial charge on any atom is -0.346 e. The molecule has 0 saturated carbocycles. The summed E-state index contributed by atoms with van der Waals surface area (Å²) in [7, 11) is 0. The Labute approximate surface area is 160 Å². The predicted octanol–water partition coefficient (Wildman–Crippen LogP) is 3.14. The van der Waals surface area contributed by atoms with Gasteiger partial charge in [0.2, 0.25) is 5.95 Å². The van der Waals surface area contributed by atoms with E-state index in [2.05, 4.69) is 25.2 Å². The fraction of sp³-hybridized carbons (Fsp3) is 0.263. The van der Waals surface area contributed by atoms with E-state index in [0.717, 1.165) is 24.9 Å². The van der Waals surface area contributed by atoms with Crippen molar-refractivity contribution in [2.75, 3.05) is 18.0 Å². The molecule has 1 atom stereocenters. The average Bonchev–Trinajstić information content (AvgIpc) is 3.20. The first-order valence-corrected chi connectivity index (χ1v) is 9.61. The van der Waals surface area contributed by atoms with Gasteiger partial charge >= 0.3 is 0 Å². The van der Waals surface area contributed by atoms with Gasteiger partial charge in [0, 0.05) is 42.5 Å². The van der Waals surface area contributed by atoms with Gasteiger partial charge in [0.1, 0.15) is 16.5 Å². The van der Waals surface area contributed by atoms with Crippen LogP contribution in [0.3, 0.4) is 0 Å². The van der Waals surface area contributed by atoms with Crippen LogP contribution in [-0.2, 0) is 0 Å². The van der Waals surface area contributed by atoms with Crippen molar-refractivity contribution in [2.45, 2.75) is 18.9 Å². The largest absolute Gasteiger partial charge is 0.346 e. The van der Waals surface area contributed by atoms with E-state index in [0.29, 0.717) is 23.2 Å². The number of rotatable bonds is 4. The lowest BCUT2D eigenvalue weighted by Crippen LogP contribution is -2.48. The maximum Gasteiger partial charge on any atom is 0.271 e. The number of hydrogen-bond acceptors (Lipinski definition) is 6. The Hall–Kier alpha value is -2.87. The van der Waals surface area contributed by atoms with Gasteiger partial charge in [-0.3, -0.25) is 4.79 Å². The molecule has 3 aromatic rings. The highest BCUT2D eigenvalue weighted by molar-refractivity contribution is 7.13. The Morgan fingerprint density at radius 1 is 1.22 bits per heavy atom. The molecule has 0 radical (unpaired) electrons. The van der Waals surface area contributed by atoms with E-state index in [4.69, 9.17) is 0 Å². The fourth-order valence-corrected chi connectivity index (χ4v) is 3.90. The zero-order chi connectivity index (χ0) is 18.6. The van der Waals surface area contributed by atoms with Crippen molar-refractivity contribution in [3.05, 3.63) is 59.6 Å². The highest BCUT2D eigenvalue weighted by Crippen LogP contribution is 2.24. The van der Waals surface area contributed by atoms with Crippen LogP contribution in [0.15, 0.2) is 48.1 Å². The first-order chi connectivity index (χ1) is 13.2. The van der Waals surface area contributed by atoms with Crippen LogP contribution in [0, 0.1) is 5.82 Å². The van der Waals surface area contributed by atoms with E-state index < -0.39 is 0 Å². The summed E-state index contributed by atoms with van der Waals surface area (Å²) >= 11 is 1.37. The molecule has 0 bridgehead atoms. The summed E-state index contributed by atoms with van der Waals surface area (Å²) in [5, 5.41) is 5.49. The molecule has 1 fully saturated rings. The maximum absolute atomic E-state index is 13.1. The predicted molar refractivity (Wildman–Crippen MR) is 102 cm³/mol. The zero-order valence-electron chi connectivity index (χ0n) is 14.5. The Balaban J connectivity index is 1.41. The number of amides is 1. The van der Waals surface area contributed by atoms with Crippen molar-refractivity contribution in [3.63, 3.8) is 0 Å². The van der Waals surface area contributed by atoms with Gasteiger partial charge in [-0.15, -0.1) is 11.3 Å². The summed E-state index contributed by atoms with van der Waals surface area (Å²) < 4.78 is 13.1. The molecule has 1 amide bonds. The summed E-state index contributed by atoms with van der Waals surface area (Å²) in [5.74, 6) is 0.196. The van der Waals surface area contributed by atoms with Gasteiger partial charge in [0.05, 0.1) is 0 Å². The third-order valence-corrected chi connectivity index (χ3v) is 5.31. The van der Waals surface area contributed by atoms with Crippen molar-refractivity contribution in [1.29, 1.82) is 0 Å². The van der Waals surface area contributed by atoms with E-state index in [9.17, 15) is 9.18 Å². The third-order valence-electron chi connectivity index (χ3n) is 4.42. The molecule has 27 heavy (non-hydrogen) atoms. The van der Waals surface area contributed by atoms with Crippen LogP contribution in [0.1, 0.15) is 23.3 Å². The van der Waals surface area contributed by atoms with Crippen LogP contribution >= 0.6 is 11.3 Å². The molecule has 0 unspecified atom stereocenters. The SMILES string of the molecule is O=C(N[C@H]1CCCN(c2ncccn2)C1)c1csc(-c2ccc(F)cc2)n1. The van der Waals surface area contributed by atoms with E-state index in [1.807, 2.05) is 0 Å². The molecule has 6 nitrogen and oxygen atoms in total. The highest BCUT2D eigenvalue weighted by atomic mass is 32.1. The summed E-state index contributed by atoms with van der Waals surface area (Å²) in [6.45, 7) is 1.55. The van der Waals surface area contributed by atoms with Crippen LogP contribution in [0.5, 0.6) is 0 Å². The van der Waals surface area contributed by atoms with Crippen molar-refractivity contribution in [3.8, 4) is 10.6 Å². The molecule has 1 aromatic carbocycles. The number of carbonyl (C=O) groups excluding carboxylic acids is 1. The van der Waals surface area contributed by atoms with Gasteiger partial charge in [0.15, 0.2) is 0 Å². The van der Waals surface area contributed by atoms with Gasteiger partial charge < -0.3 is 10.2 Å². The number of carbonyl (C=O) groups is 1. The van der Waals surface area contributed by atoms with Gasteiger partial charge in [-0.05, 0) is 43.2 Å². The molecular weight excluding hydrogens is 365 g/mol. The second-order valence-corrected chi connectivity index (χ2v) is 7.21. The van der Waals surface area contributed by atoms with Crippen LogP contribution < -0.4 is 10.2 Å². The van der Waals surface area contributed by atoms with E-state index in [1.54, 1.807) is 36.0 Å². The van der Waals surface area contributed by atoms with Crippen molar-refractivity contribution in [1.82, 2.24) is 20.3 Å². The second kappa shape index (κ2) is 7.79. The second-order valence-electron chi connectivity index (χ2n) is 6.35. The summed E-state index contributed by atoms with van der Waals surface area (Å²) in [4.78, 5) is 27.6. The van der Waals surface area contributed by atoms with Crippen molar-refractivity contribution < 1.29 is 9.18 Å².